The molecular formula is C14H26O14S. The van der Waals surface area contributed by atoms with Crippen molar-refractivity contribution in [2.45, 2.75) is 60.9 Å². The lowest BCUT2D eigenvalue weighted by molar-refractivity contribution is -0.396. The van der Waals surface area contributed by atoms with Crippen LogP contribution in [0.25, 0.3) is 0 Å². The number of aliphatic hydroxyl groups is 7. The Morgan fingerprint density at radius 3 is 2.00 bits per heavy atom. The zero-order valence-corrected chi connectivity index (χ0v) is 16.1. The molecule has 2 aliphatic heterocycles. The van der Waals surface area contributed by atoms with Crippen LogP contribution in [0.3, 0.4) is 0 Å². The standard InChI is InChI=1S/C14H26O14S/c1-25-13-10(20)11(8(18)5(2-15)26-13)28-14(4-29(22,23)24)12(21)9(19)7(17)6(3-16)27-14/h5-13,15-21H,2-4H2,1H3,(H,22,23,24)/t5-,6-,7-,8+,9+,10-,11+,12-,13-,14-/m1/s1. The lowest BCUT2D eigenvalue weighted by Crippen LogP contribution is -2.71. The molecule has 0 aromatic heterocycles. The van der Waals surface area contributed by atoms with Crippen LogP contribution in [-0.4, -0.2) is 136 Å². The van der Waals surface area contributed by atoms with Gasteiger partial charge in [-0.2, -0.15) is 8.42 Å². The van der Waals surface area contributed by atoms with E-state index in [4.69, 9.17) is 18.9 Å². The third kappa shape index (κ3) is 5.04. The zero-order chi connectivity index (χ0) is 22.1. The van der Waals surface area contributed by atoms with Crippen LogP contribution < -0.4 is 0 Å². The molecule has 8 N–H and O–H groups in total. The van der Waals surface area contributed by atoms with Gasteiger partial charge in [-0.05, 0) is 0 Å². The quantitative estimate of drug-likeness (QED) is 0.169. The van der Waals surface area contributed by atoms with E-state index in [9.17, 15) is 48.7 Å². The SMILES string of the molecule is CO[C@@H]1O[C@H](CO)[C@H](O)[C@H](O[C@@]2(CS(=O)(=O)O)O[C@H](CO)[C@@H](O)[C@H](O)[C@H]2O)[C@H]1O. The lowest BCUT2D eigenvalue weighted by Gasteiger charge is -2.51. The van der Waals surface area contributed by atoms with Gasteiger partial charge < -0.3 is 54.7 Å². The molecule has 0 aromatic rings. The van der Waals surface area contributed by atoms with E-state index < -0.39 is 90.0 Å². The van der Waals surface area contributed by atoms with Gasteiger partial charge in [-0.1, -0.05) is 0 Å². The zero-order valence-electron chi connectivity index (χ0n) is 15.3. The van der Waals surface area contributed by atoms with Crippen LogP contribution in [0.4, 0.5) is 0 Å². The summed E-state index contributed by atoms with van der Waals surface area (Å²) in [6.45, 7) is -1.71. The maximum absolute atomic E-state index is 11.5. The van der Waals surface area contributed by atoms with Crippen LogP contribution in [0.15, 0.2) is 0 Å². The average Bonchev–Trinajstić information content (AvgIpc) is 2.65. The Morgan fingerprint density at radius 2 is 1.52 bits per heavy atom. The summed E-state index contributed by atoms with van der Waals surface area (Å²) in [6.07, 6.45) is -16.1. The van der Waals surface area contributed by atoms with Crippen molar-refractivity contribution in [2.75, 3.05) is 26.1 Å². The Hall–Kier alpha value is -0.530. The Labute approximate surface area is 165 Å². The molecule has 2 aliphatic rings. The van der Waals surface area contributed by atoms with Crippen molar-refractivity contribution >= 4 is 10.1 Å². The topological polar surface area (TPSA) is 233 Å². The van der Waals surface area contributed by atoms with Crippen molar-refractivity contribution in [3.8, 4) is 0 Å². The number of ether oxygens (including phenoxy) is 4. The van der Waals surface area contributed by atoms with Crippen molar-refractivity contribution in [2.24, 2.45) is 0 Å². The van der Waals surface area contributed by atoms with Crippen molar-refractivity contribution in [3.63, 3.8) is 0 Å². The molecule has 0 spiro atoms. The summed E-state index contributed by atoms with van der Waals surface area (Å²) in [5, 5.41) is 69.7. The molecule has 0 saturated carbocycles. The maximum atomic E-state index is 11.5. The first-order valence-electron chi connectivity index (χ1n) is 8.52. The number of hydrogen-bond acceptors (Lipinski definition) is 13. The fraction of sp³-hybridized carbons (Fsp3) is 1.00. The van der Waals surface area contributed by atoms with E-state index in [-0.39, 0.29) is 0 Å². The lowest BCUT2D eigenvalue weighted by atomic mass is 9.92. The van der Waals surface area contributed by atoms with Gasteiger partial charge in [0.15, 0.2) is 6.29 Å². The minimum absolute atomic E-state index is 0.761. The second-order valence-corrected chi connectivity index (χ2v) is 8.28. The highest BCUT2D eigenvalue weighted by atomic mass is 32.2. The van der Waals surface area contributed by atoms with Gasteiger partial charge in [0.2, 0.25) is 5.79 Å². The number of hydrogen-bond donors (Lipinski definition) is 8. The summed E-state index contributed by atoms with van der Waals surface area (Å²) in [7, 11) is -3.85. The summed E-state index contributed by atoms with van der Waals surface area (Å²) in [5.74, 6) is -4.33. The number of aliphatic hydroxyl groups excluding tert-OH is 7. The molecule has 2 heterocycles. The molecule has 29 heavy (non-hydrogen) atoms. The third-order valence-electron chi connectivity index (χ3n) is 4.81. The van der Waals surface area contributed by atoms with Gasteiger partial charge in [0, 0.05) is 7.11 Å². The molecule has 10 atom stereocenters. The van der Waals surface area contributed by atoms with Crippen molar-refractivity contribution in [1.29, 1.82) is 0 Å². The first-order chi connectivity index (χ1) is 13.4. The molecule has 2 fully saturated rings. The molecule has 2 saturated heterocycles. The van der Waals surface area contributed by atoms with Crippen LogP contribution in [0.1, 0.15) is 0 Å². The third-order valence-corrected chi connectivity index (χ3v) is 5.58. The van der Waals surface area contributed by atoms with Crippen LogP contribution >= 0.6 is 0 Å². The first kappa shape index (κ1) is 24.7. The summed E-state index contributed by atoms with van der Waals surface area (Å²) < 4.78 is 53.0. The van der Waals surface area contributed by atoms with Gasteiger partial charge in [0.1, 0.15) is 54.6 Å². The van der Waals surface area contributed by atoms with E-state index in [1.807, 2.05) is 0 Å². The van der Waals surface area contributed by atoms with Crippen LogP contribution in [-0.2, 0) is 29.1 Å². The smallest absolute Gasteiger partial charge is 0.270 e. The second kappa shape index (κ2) is 9.31. The Bertz CT molecular complexity index is 626. The van der Waals surface area contributed by atoms with E-state index in [1.54, 1.807) is 0 Å². The van der Waals surface area contributed by atoms with Crippen molar-refractivity contribution in [3.05, 3.63) is 0 Å². The summed E-state index contributed by atoms with van der Waals surface area (Å²) >= 11 is 0. The number of methoxy groups -OCH3 is 1. The van der Waals surface area contributed by atoms with Crippen LogP contribution in [0.5, 0.6) is 0 Å². The summed E-state index contributed by atoms with van der Waals surface area (Å²) in [5.41, 5.74) is 0. The molecule has 0 amide bonds. The summed E-state index contributed by atoms with van der Waals surface area (Å²) in [4.78, 5) is 0. The second-order valence-electron chi connectivity index (χ2n) is 6.83. The molecule has 15 heteroatoms. The van der Waals surface area contributed by atoms with Crippen molar-refractivity contribution < 1.29 is 67.7 Å². The van der Waals surface area contributed by atoms with Gasteiger partial charge in [-0.3, -0.25) is 4.55 Å². The van der Waals surface area contributed by atoms with E-state index in [0.717, 1.165) is 7.11 Å². The number of rotatable bonds is 7. The average molecular weight is 450 g/mol. The van der Waals surface area contributed by atoms with E-state index in [0.29, 0.717) is 0 Å². The fourth-order valence-corrected chi connectivity index (χ4v) is 4.15. The first-order valence-corrected chi connectivity index (χ1v) is 10.1. The molecule has 0 aliphatic carbocycles. The van der Waals surface area contributed by atoms with Gasteiger partial charge in [0.25, 0.3) is 10.1 Å². The maximum Gasteiger partial charge on any atom is 0.270 e. The van der Waals surface area contributed by atoms with Crippen LogP contribution in [0, 0.1) is 0 Å². The fourth-order valence-electron chi connectivity index (χ4n) is 3.33. The Morgan fingerprint density at radius 1 is 0.931 bits per heavy atom. The highest BCUT2D eigenvalue weighted by Crippen LogP contribution is 2.36. The Kier molecular flexibility index (Phi) is 7.94. The molecule has 2 rings (SSSR count). The van der Waals surface area contributed by atoms with E-state index >= 15 is 0 Å². The summed E-state index contributed by atoms with van der Waals surface area (Å²) in [6, 6.07) is 0. The van der Waals surface area contributed by atoms with E-state index in [1.165, 1.54) is 0 Å². The monoisotopic (exact) mass is 450 g/mol. The van der Waals surface area contributed by atoms with Crippen LogP contribution in [0.2, 0.25) is 0 Å². The highest BCUT2D eigenvalue weighted by Gasteiger charge is 2.59. The largest absolute Gasteiger partial charge is 0.394 e. The van der Waals surface area contributed by atoms with Gasteiger partial charge in [-0.15, -0.1) is 0 Å². The predicted molar refractivity (Wildman–Crippen MR) is 88.8 cm³/mol. The molecule has 0 aromatic carbocycles. The van der Waals surface area contributed by atoms with E-state index in [2.05, 4.69) is 0 Å². The van der Waals surface area contributed by atoms with Gasteiger partial charge >= 0.3 is 0 Å². The minimum Gasteiger partial charge on any atom is -0.394 e. The van der Waals surface area contributed by atoms with Gasteiger partial charge in [0.05, 0.1) is 13.2 Å². The normalized spacial score (nSPS) is 46.6. The molecule has 172 valence electrons. The molecule has 0 unspecified atom stereocenters. The molecule has 0 radical (unpaired) electrons. The van der Waals surface area contributed by atoms with Gasteiger partial charge in [-0.25, -0.2) is 0 Å². The minimum atomic E-state index is -4.97. The molecule has 0 bridgehead atoms. The molecular weight excluding hydrogens is 424 g/mol. The predicted octanol–water partition coefficient (Wildman–Crippen LogP) is -5.49. The van der Waals surface area contributed by atoms with Crippen molar-refractivity contribution in [1.82, 2.24) is 0 Å². The Balaban J connectivity index is 2.46. The highest BCUT2D eigenvalue weighted by molar-refractivity contribution is 7.85. The molecule has 14 nitrogen and oxygen atoms in total.